The summed E-state index contributed by atoms with van der Waals surface area (Å²) in [5, 5.41) is 2.71. The van der Waals surface area contributed by atoms with E-state index in [1.54, 1.807) is 0 Å². The number of rotatable bonds is 7. The van der Waals surface area contributed by atoms with Gasteiger partial charge in [0.1, 0.15) is 12.6 Å². The molecule has 1 aliphatic heterocycles. The van der Waals surface area contributed by atoms with Gasteiger partial charge >= 0.3 is 0 Å². The Hall–Kier alpha value is -1.24. The highest BCUT2D eigenvalue weighted by Gasteiger charge is 2.29. The molecule has 1 aliphatic rings. The third-order valence-electron chi connectivity index (χ3n) is 3.01. The van der Waals surface area contributed by atoms with E-state index in [2.05, 4.69) is 5.32 Å². The molecule has 0 aromatic rings. The molecule has 0 bridgehead atoms. The molecule has 5 nitrogen and oxygen atoms in total. The van der Waals surface area contributed by atoms with Gasteiger partial charge in [-0.3, -0.25) is 9.59 Å². The van der Waals surface area contributed by atoms with Crippen LogP contribution in [-0.4, -0.2) is 55.5 Å². The van der Waals surface area contributed by atoms with Gasteiger partial charge in [0.2, 0.25) is 11.8 Å². The molecule has 0 saturated carbocycles. The fraction of sp³-hybridized carbons (Fsp3) is 0.846. The van der Waals surface area contributed by atoms with Gasteiger partial charge in [0.05, 0.1) is 6.61 Å². The second-order valence-electron chi connectivity index (χ2n) is 5.29. The number of hydrogen-bond acceptors (Lipinski definition) is 3. The monoisotopic (exact) mass is 292 g/mol. The van der Waals surface area contributed by atoms with E-state index >= 15 is 0 Å². The first-order valence-corrected chi connectivity index (χ1v) is 6.84. The van der Waals surface area contributed by atoms with Crippen molar-refractivity contribution in [2.45, 2.75) is 39.2 Å². The van der Waals surface area contributed by atoms with Crippen LogP contribution in [0.3, 0.4) is 0 Å². The summed E-state index contributed by atoms with van der Waals surface area (Å²) in [7, 11) is 0. The zero-order chi connectivity index (χ0) is 15.1. The predicted octanol–water partition coefficient (Wildman–Crippen LogP) is 1.03. The first-order chi connectivity index (χ1) is 9.40. The molecule has 116 valence electrons. The van der Waals surface area contributed by atoms with E-state index in [9.17, 15) is 18.4 Å². The van der Waals surface area contributed by atoms with Gasteiger partial charge in [0.15, 0.2) is 0 Å². The van der Waals surface area contributed by atoms with Crippen LogP contribution in [0.15, 0.2) is 0 Å². The maximum absolute atomic E-state index is 12.3. The highest BCUT2D eigenvalue weighted by atomic mass is 19.3. The molecule has 1 saturated heterocycles. The molecular formula is C13H22F2N2O3. The molecule has 2 amide bonds. The third kappa shape index (κ3) is 5.81. The molecule has 1 heterocycles. The van der Waals surface area contributed by atoms with Crippen molar-refractivity contribution in [1.82, 2.24) is 10.2 Å². The fourth-order valence-electron chi connectivity index (χ4n) is 2.10. The van der Waals surface area contributed by atoms with Crippen molar-refractivity contribution < 1.29 is 23.1 Å². The van der Waals surface area contributed by atoms with E-state index in [1.165, 1.54) is 4.90 Å². The Morgan fingerprint density at radius 1 is 1.40 bits per heavy atom. The van der Waals surface area contributed by atoms with Crippen molar-refractivity contribution in [2.24, 2.45) is 5.92 Å². The maximum Gasteiger partial charge on any atom is 0.261 e. The van der Waals surface area contributed by atoms with E-state index in [-0.39, 0.29) is 37.3 Å². The third-order valence-corrected chi connectivity index (χ3v) is 3.01. The van der Waals surface area contributed by atoms with Crippen molar-refractivity contribution in [3.8, 4) is 0 Å². The van der Waals surface area contributed by atoms with Crippen LogP contribution in [0.5, 0.6) is 0 Å². The number of alkyl halides is 2. The fourth-order valence-corrected chi connectivity index (χ4v) is 2.10. The number of halogens is 2. The number of ether oxygens (including phenoxy) is 1. The molecule has 0 aromatic carbocycles. The Bertz CT molecular complexity index is 338. The molecule has 1 atom stereocenters. The lowest BCUT2D eigenvalue weighted by atomic mass is 10.0. The van der Waals surface area contributed by atoms with Gasteiger partial charge < -0.3 is 15.0 Å². The second kappa shape index (κ2) is 8.14. The number of amides is 2. The predicted molar refractivity (Wildman–Crippen MR) is 69.4 cm³/mol. The molecule has 1 rings (SSSR count). The largest absolute Gasteiger partial charge is 0.374 e. The Kier molecular flexibility index (Phi) is 6.84. The average molecular weight is 292 g/mol. The topological polar surface area (TPSA) is 58.6 Å². The van der Waals surface area contributed by atoms with Gasteiger partial charge in [-0.15, -0.1) is 0 Å². The van der Waals surface area contributed by atoms with Crippen molar-refractivity contribution in [2.75, 3.05) is 26.3 Å². The maximum atomic E-state index is 12.3. The minimum absolute atomic E-state index is 0.0542. The number of nitrogens with one attached hydrogen (secondary N) is 1. The van der Waals surface area contributed by atoms with E-state index in [4.69, 9.17) is 4.74 Å². The van der Waals surface area contributed by atoms with Gasteiger partial charge in [0.25, 0.3) is 6.43 Å². The summed E-state index contributed by atoms with van der Waals surface area (Å²) in [4.78, 5) is 25.3. The highest BCUT2D eigenvalue weighted by Crippen LogP contribution is 2.11. The number of hydrogen-bond donors (Lipinski definition) is 1. The quantitative estimate of drug-likeness (QED) is 0.713. The minimum atomic E-state index is -2.51. The first kappa shape index (κ1) is 16.8. The molecule has 7 heteroatoms. The van der Waals surface area contributed by atoms with Gasteiger partial charge in [-0.25, -0.2) is 8.78 Å². The minimum Gasteiger partial charge on any atom is -0.374 e. The van der Waals surface area contributed by atoms with E-state index in [0.717, 1.165) is 0 Å². The SMILES string of the molecule is CC(C)CC1NC(=O)CCN(CCOCC(F)F)C1=O. The summed E-state index contributed by atoms with van der Waals surface area (Å²) in [5.74, 6) is -0.0375. The molecule has 0 radical (unpaired) electrons. The van der Waals surface area contributed by atoms with Crippen LogP contribution in [0, 0.1) is 5.92 Å². The number of carbonyl (C=O) groups is 2. The van der Waals surface area contributed by atoms with Crippen LogP contribution in [0.1, 0.15) is 26.7 Å². The lowest BCUT2D eigenvalue weighted by Gasteiger charge is -2.24. The average Bonchev–Trinajstić information content (AvgIpc) is 2.46. The van der Waals surface area contributed by atoms with E-state index in [1.807, 2.05) is 13.8 Å². The van der Waals surface area contributed by atoms with Gasteiger partial charge in [0, 0.05) is 19.5 Å². The molecule has 0 aliphatic carbocycles. The molecule has 20 heavy (non-hydrogen) atoms. The smallest absolute Gasteiger partial charge is 0.261 e. The van der Waals surface area contributed by atoms with Crippen molar-refractivity contribution in [1.29, 1.82) is 0 Å². The molecule has 0 aromatic heterocycles. The zero-order valence-electron chi connectivity index (χ0n) is 11.9. The molecule has 1 fully saturated rings. The first-order valence-electron chi connectivity index (χ1n) is 6.84. The number of nitrogens with zero attached hydrogens (tertiary/aromatic N) is 1. The number of carbonyl (C=O) groups excluding carboxylic acids is 2. The zero-order valence-corrected chi connectivity index (χ0v) is 11.9. The summed E-state index contributed by atoms with van der Waals surface area (Å²) in [6, 6.07) is -0.528. The van der Waals surface area contributed by atoms with E-state index < -0.39 is 19.1 Å². The van der Waals surface area contributed by atoms with Crippen LogP contribution in [-0.2, 0) is 14.3 Å². The molecule has 1 unspecified atom stereocenters. The summed E-state index contributed by atoms with van der Waals surface area (Å²) in [6.45, 7) is 3.90. The molecular weight excluding hydrogens is 270 g/mol. The lowest BCUT2D eigenvalue weighted by molar-refractivity contribution is -0.134. The highest BCUT2D eigenvalue weighted by molar-refractivity contribution is 5.89. The molecule has 0 spiro atoms. The van der Waals surface area contributed by atoms with Crippen LogP contribution >= 0.6 is 0 Å². The lowest BCUT2D eigenvalue weighted by Crippen LogP contribution is -2.46. The Balaban J connectivity index is 2.51. The van der Waals surface area contributed by atoms with Gasteiger partial charge in [-0.1, -0.05) is 13.8 Å². The Morgan fingerprint density at radius 2 is 2.10 bits per heavy atom. The summed E-state index contributed by atoms with van der Waals surface area (Å²) < 4.78 is 28.7. The summed E-state index contributed by atoms with van der Waals surface area (Å²) >= 11 is 0. The summed E-state index contributed by atoms with van der Waals surface area (Å²) in [6.07, 6.45) is -1.71. The molecule has 1 N–H and O–H groups in total. The van der Waals surface area contributed by atoms with Gasteiger partial charge in [-0.2, -0.15) is 0 Å². The van der Waals surface area contributed by atoms with Crippen LogP contribution in [0.25, 0.3) is 0 Å². The van der Waals surface area contributed by atoms with Crippen molar-refractivity contribution in [3.63, 3.8) is 0 Å². The standard InChI is InChI=1S/C13H22F2N2O3/c1-9(2)7-10-13(19)17(4-3-12(18)16-10)5-6-20-8-11(14)15/h9-11H,3-8H2,1-2H3,(H,16,18). The van der Waals surface area contributed by atoms with Crippen LogP contribution < -0.4 is 5.32 Å². The van der Waals surface area contributed by atoms with Crippen LogP contribution in [0.4, 0.5) is 8.78 Å². The van der Waals surface area contributed by atoms with Crippen LogP contribution in [0.2, 0.25) is 0 Å². The Labute approximate surface area is 117 Å². The van der Waals surface area contributed by atoms with Crippen molar-refractivity contribution in [3.05, 3.63) is 0 Å². The Morgan fingerprint density at radius 3 is 2.70 bits per heavy atom. The normalized spacial score (nSPS) is 20.5. The van der Waals surface area contributed by atoms with Crippen molar-refractivity contribution >= 4 is 11.8 Å². The second-order valence-corrected chi connectivity index (χ2v) is 5.29. The summed E-state index contributed by atoms with van der Waals surface area (Å²) in [5.41, 5.74) is 0. The van der Waals surface area contributed by atoms with E-state index in [0.29, 0.717) is 13.0 Å². The van der Waals surface area contributed by atoms with Gasteiger partial charge in [-0.05, 0) is 12.3 Å².